The van der Waals surface area contributed by atoms with Gasteiger partial charge >= 0.3 is 5.97 Å². The predicted molar refractivity (Wildman–Crippen MR) is 393 cm³/mol. The number of aromatic nitrogens is 4. The highest BCUT2D eigenvalue weighted by Gasteiger charge is 2.42. The fraction of sp³-hybridized carbons (Fsp3) is 0.590. The number of rotatable bonds is 48. The van der Waals surface area contributed by atoms with E-state index in [0.29, 0.717) is 12.1 Å². The molecule has 18 amide bonds. The Morgan fingerprint density at radius 3 is 1.42 bits per heavy atom. The van der Waals surface area contributed by atoms with Gasteiger partial charge in [0.1, 0.15) is 84.6 Å². The van der Waals surface area contributed by atoms with Crippen molar-refractivity contribution in [1.82, 2.24) is 99.3 Å². The third-order valence-corrected chi connectivity index (χ3v) is 17.9. The Kier molecular flexibility index (Phi) is 39.9. The minimum absolute atomic E-state index is 0.0186. The molecule has 1 aliphatic heterocycles. The first-order valence-electron chi connectivity index (χ1n) is 33.7. The van der Waals surface area contributed by atoms with Gasteiger partial charge in [-0.2, -0.15) is 50.5 Å². The summed E-state index contributed by atoms with van der Waals surface area (Å²) in [6.45, 7) is 3.25. The van der Waals surface area contributed by atoms with Gasteiger partial charge in [-0.1, -0.05) is 20.3 Å². The summed E-state index contributed by atoms with van der Waals surface area (Å²) in [7, 11) is 0. The highest BCUT2D eigenvalue weighted by molar-refractivity contribution is 7.80. The van der Waals surface area contributed by atoms with Crippen molar-refractivity contribution >= 4 is 163 Å². The second-order valence-corrected chi connectivity index (χ2v) is 26.3. The molecule has 48 heteroatoms. The van der Waals surface area contributed by atoms with Gasteiger partial charge in [0.15, 0.2) is 0 Å². The summed E-state index contributed by atoms with van der Waals surface area (Å²) in [5.41, 5.74) is 22.1. The van der Waals surface area contributed by atoms with Crippen molar-refractivity contribution in [3.05, 3.63) is 36.4 Å². The topological polar surface area (TPSA) is 698 Å². The summed E-state index contributed by atoms with van der Waals surface area (Å²) < 4.78 is 0. The van der Waals surface area contributed by atoms with Gasteiger partial charge in [0.2, 0.25) is 106 Å². The van der Waals surface area contributed by atoms with Crippen LogP contribution in [0.2, 0.25) is 0 Å². The number of carbonyl (C=O) groups is 19. The van der Waals surface area contributed by atoms with E-state index in [1.165, 1.54) is 32.0 Å². The molecular weight excluding hydrogens is 1520 g/mol. The zero-order chi connectivity index (χ0) is 81.9. The number of hydrogen-bond donors (Lipinski definition) is 26. The van der Waals surface area contributed by atoms with Crippen LogP contribution in [0, 0.1) is 5.92 Å². The molecule has 604 valence electrons. The number of carboxylic acids is 1. The molecule has 2 aromatic heterocycles. The SMILES string of the molecule is CC[C@H](C)[C@H](NC(=O)[C@H](Cc1cnc[nH]1)NC(=O)[C@H](CCC(N)=O)NC(=O)[C@H](CC(N)=O)NC(=O)[C@H](CC(N)=O)NC(=O)CNC(=O)[C@H](C)NC(=O)[C@H](CS)NC(=O)[C@H](C)NC(=O)[C@@H]1CCCN1C(=O)[C@H](Cc1cnc[nH]1)NC(=O)[C@H](CO)NC(=O)[C@H](CS)NC(=O)[C@H](CS)NC(=O)CN)C(=O)N[C@@H](CS)C(=O)O. The van der Waals surface area contributed by atoms with E-state index in [2.05, 4.69) is 145 Å². The first-order valence-corrected chi connectivity index (χ1v) is 36.3. The van der Waals surface area contributed by atoms with Crippen LogP contribution in [0.25, 0.3) is 0 Å². The van der Waals surface area contributed by atoms with Crippen LogP contribution < -0.4 is 97.4 Å². The lowest BCUT2D eigenvalue weighted by Crippen LogP contribution is -2.61. The number of carboxylic acid groups (broad SMARTS) is 1. The first-order chi connectivity index (χ1) is 51.4. The molecule has 0 saturated carbocycles. The van der Waals surface area contributed by atoms with Gasteiger partial charge in [-0.15, -0.1) is 0 Å². The quantitative estimate of drug-likeness (QED) is 0.0274. The number of aliphatic hydroxyl groups excluding tert-OH is 1. The Morgan fingerprint density at radius 1 is 0.505 bits per heavy atom. The summed E-state index contributed by atoms with van der Waals surface area (Å²) >= 11 is 16.2. The number of nitrogens with zero attached hydrogens (tertiary/aromatic N) is 3. The fourth-order valence-corrected chi connectivity index (χ4v) is 11.2. The third-order valence-electron chi connectivity index (χ3n) is 16.4. The van der Waals surface area contributed by atoms with Crippen LogP contribution in [-0.2, 0) is 104 Å². The normalized spacial score (nSPS) is 16.2. The number of amides is 18. The summed E-state index contributed by atoms with van der Waals surface area (Å²) in [6, 6.07) is -21.6. The van der Waals surface area contributed by atoms with Crippen LogP contribution in [0.3, 0.4) is 0 Å². The van der Waals surface area contributed by atoms with E-state index < -0.39 is 254 Å². The van der Waals surface area contributed by atoms with Crippen molar-refractivity contribution in [2.45, 2.75) is 170 Å². The van der Waals surface area contributed by atoms with Crippen molar-refractivity contribution < 1.29 is 101 Å². The van der Waals surface area contributed by atoms with E-state index in [1.54, 1.807) is 13.8 Å². The van der Waals surface area contributed by atoms with Crippen molar-refractivity contribution in [3.63, 3.8) is 0 Å². The molecule has 44 nitrogen and oxygen atoms in total. The number of nitrogens with one attached hydrogen (secondary N) is 16. The molecule has 1 fully saturated rings. The maximum atomic E-state index is 14.4. The van der Waals surface area contributed by atoms with Crippen LogP contribution in [0.1, 0.15) is 84.0 Å². The number of likely N-dealkylation sites (tertiary alicyclic amines) is 1. The lowest BCUT2D eigenvalue weighted by Gasteiger charge is -2.30. The lowest BCUT2D eigenvalue weighted by molar-refractivity contribution is -0.142. The fourth-order valence-electron chi connectivity index (χ4n) is 10.2. The van der Waals surface area contributed by atoms with E-state index in [4.69, 9.17) is 22.9 Å². The average Bonchev–Trinajstić information content (AvgIpc) is 1.72. The standard InChI is InChI=1S/C61H95N23O21S4/c1-5-26(2)47(59(102)82-40(23-109)61(104)105)83-53(96)32(11-29-16-66-24-69-29)76-50(93)31(8-9-42(63)86)75-52(95)34(14-44(65)88)77-51(94)33(13-43(64)87)73-46(90)18-68-48(91)27(3)71-55(98)38(21-107)80-49(92)28(4)72-58(101)41-7-6-10-84(41)60(103)35(12-30-17-67-25-70-30)78-54(97)36(19-85)79-57(100)39(22-108)81-56(99)37(20-106)74-45(89)15-62/h16-17,24-28,31-41,47,85,106-109H,5-15,18-23,62H2,1-4H3,(H2,63,86)(H2,64,87)(H2,65,88)(H,66,69)(H,67,70)(H,68,91)(H,71,98)(H,72,101)(H,73,90)(H,74,89)(H,75,95)(H,76,93)(H,77,94)(H,78,97)(H,79,100)(H,80,92)(H,81,99)(H,82,102)(H,83,96)(H,104,105)/t26-,27-,28-,31-,32-,33-,34-,35-,36-,37-,38-,39-,40-,41-,47-/m0/s1. The second-order valence-electron chi connectivity index (χ2n) is 24.8. The van der Waals surface area contributed by atoms with Gasteiger partial charge in [0.05, 0.1) is 45.2 Å². The average molecular weight is 1610 g/mol. The molecule has 0 aliphatic carbocycles. The molecule has 26 N–H and O–H groups in total. The van der Waals surface area contributed by atoms with Crippen molar-refractivity contribution in [3.8, 4) is 0 Å². The number of aliphatic hydroxyl groups is 1. The Labute approximate surface area is 645 Å². The molecule has 0 unspecified atom stereocenters. The first kappa shape index (κ1) is 92.9. The molecule has 0 bridgehead atoms. The maximum Gasteiger partial charge on any atom is 0.327 e. The number of H-pyrrole nitrogens is 2. The molecular formula is C61H95N23O21S4. The Morgan fingerprint density at radius 2 is 0.927 bits per heavy atom. The Hall–Kier alpha value is -10.3. The minimum Gasteiger partial charge on any atom is -0.480 e. The maximum absolute atomic E-state index is 14.4. The number of aliphatic carboxylic acids is 1. The Bertz CT molecular complexity index is 3560. The van der Waals surface area contributed by atoms with E-state index >= 15 is 0 Å². The molecule has 15 atom stereocenters. The second kappa shape index (κ2) is 46.8. The van der Waals surface area contributed by atoms with Crippen LogP contribution in [0.15, 0.2) is 25.0 Å². The molecule has 109 heavy (non-hydrogen) atoms. The monoisotopic (exact) mass is 1610 g/mol. The highest BCUT2D eigenvalue weighted by Crippen LogP contribution is 2.21. The van der Waals surface area contributed by atoms with Gasteiger partial charge < -0.3 is 122 Å². The van der Waals surface area contributed by atoms with E-state index in [-0.39, 0.29) is 55.2 Å². The van der Waals surface area contributed by atoms with Gasteiger partial charge in [-0.05, 0) is 39.0 Å². The Balaban J connectivity index is 1.68. The number of nitrogens with two attached hydrogens (primary N) is 4. The minimum atomic E-state index is -2.02. The molecule has 3 heterocycles. The number of hydrogen-bond acceptors (Lipinski definition) is 27. The van der Waals surface area contributed by atoms with Crippen molar-refractivity contribution in [2.24, 2.45) is 28.9 Å². The molecule has 1 saturated heterocycles. The zero-order valence-corrected chi connectivity index (χ0v) is 63.2. The van der Waals surface area contributed by atoms with E-state index in [9.17, 15) is 101 Å². The predicted octanol–water partition coefficient (Wildman–Crippen LogP) is -11.8. The summed E-state index contributed by atoms with van der Waals surface area (Å²) in [6.07, 6.45) is 2.09. The smallest absolute Gasteiger partial charge is 0.327 e. The third kappa shape index (κ3) is 31.1. The number of aromatic amines is 2. The summed E-state index contributed by atoms with van der Waals surface area (Å²) in [5.74, 6) is -21.8. The number of imidazole rings is 2. The lowest BCUT2D eigenvalue weighted by atomic mass is 9.97. The van der Waals surface area contributed by atoms with Crippen LogP contribution in [-0.4, -0.2) is 281 Å². The van der Waals surface area contributed by atoms with Crippen molar-refractivity contribution in [1.29, 1.82) is 0 Å². The molecule has 1 aliphatic rings. The van der Waals surface area contributed by atoms with Crippen molar-refractivity contribution in [2.75, 3.05) is 49.3 Å². The summed E-state index contributed by atoms with van der Waals surface area (Å²) in [4.78, 5) is 266. The number of primary amides is 3. The van der Waals surface area contributed by atoms with Gasteiger partial charge in [0.25, 0.3) is 0 Å². The van der Waals surface area contributed by atoms with E-state index in [1.807, 2.05) is 0 Å². The zero-order valence-electron chi connectivity index (χ0n) is 59.6. The highest BCUT2D eigenvalue weighted by atomic mass is 32.1. The molecule has 0 spiro atoms. The largest absolute Gasteiger partial charge is 0.480 e. The van der Waals surface area contributed by atoms with Gasteiger partial charge in [0, 0.05) is 72.6 Å². The van der Waals surface area contributed by atoms with Crippen LogP contribution in [0.5, 0.6) is 0 Å². The van der Waals surface area contributed by atoms with Crippen LogP contribution >= 0.6 is 50.5 Å². The molecule has 2 aromatic rings. The molecule has 3 rings (SSSR count). The molecule has 0 aromatic carbocycles. The number of carbonyl (C=O) groups excluding carboxylic acids is 18. The van der Waals surface area contributed by atoms with Gasteiger partial charge in [-0.3, -0.25) is 86.3 Å². The molecule has 0 radical (unpaired) electrons. The van der Waals surface area contributed by atoms with Gasteiger partial charge in [-0.25, -0.2) is 14.8 Å². The van der Waals surface area contributed by atoms with Crippen LogP contribution in [0.4, 0.5) is 0 Å². The number of thiol groups is 4. The summed E-state index contributed by atoms with van der Waals surface area (Å²) in [5, 5.41) is 52.4. The van der Waals surface area contributed by atoms with E-state index in [0.717, 1.165) is 11.8 Å².